The Bertz CT molecular complexity index is 712. The van der Waals surface area contributed by atoms with Crippen molar-refractivity contribution in [1.29, 1.82) is 0 Å². The summed E-state index contributed by atoms with van der Waals surface area (Å²) in [6.07, 6.45) is 5.26. The zero-order valence-electron chi connectivity index (χ0n) is 28.4. The van der Waals surface area contributed by atoms with E-state index in [1.54, 1.807) is 62.3 Å². The Morgan fingerprint density at radius 3 is 0.675 bits per heavy atom. The van der Waals surface area contributed by atoms with Gasteiger partial charge in [0.25, 0.3) is 0 Å². The summed E-state index contributed by atoms with van der Waals surface area (Å²) in [5, 5.41) is 0. The quantitative estimate of drug-likeness (QED) is 0.193. The largest absolute Gasteiger partial charge is 0.291 e. The van der Waals surface area contributed by atoms with Crippen molar-refractivity contribution in [1.82, 2.24) is 0 Å². The molecule has 0 spiro atoms. The fraction of sp³-hybridized carbons (Fsp3) is 0.818. The monoisotopic (exact) mass is 694 g/mol. The molecule has 232 valence electrons. The predicted octanol–water partition coefficient (Wildman–Crippen LogP) is 7.82. The Hall–Kier alpha value is -0.629. The van der Waals surface area contributed by atoms with Gasteiger partial charge in [0, 0.05) is 74.8 Å². The summed E-state index contributed by atoms with van der Waals surface area (Å²) < 4.78 is 0. The van der Waals surface area contributed by atoms with E-state index in [9.17, 15) is 28.8 Å². The van der Waals surface area contributed by atoms with Gasteiger partial charge in [-0.05, 0) is 19.3 Å². The van der Waals surface area contributed by atoms with Crippen molar-refractivity contribution in [3.63, 3.8) is 0 Å². The molecule has 0 radical (unpaired) electrons. The van der Waals surface area contributed by atoms with Crippen molar-refractivity contribution in [2.24, 2.45) is 34.0 Å². The first-order valence-corrected chi connectivity index (χ1v) is 14.7. The molecule has 0 rings (SSSR count). The number of Topliss-reactive ketones (excluding diaryl/α,β-unsaturated/α-hetero) is 6. The first-order chi connectivity index (χ1) is 17.4. The molecule has 0 amide bonds. The topological polar surface area (TPSA) is 102 Å². The second-order valence-electron chi connectivity index (χ2n) is 13.9. The molecule has 3 atom stereocenters. The van der Waals surface area contributed by atoms with Crippen molar-refractivity contribution in [3.8, 4) is 0 Å². The van der Waals surface area contributed by atoms with Crippen LogP contribution in [0, 0.1) is 74.8 Å². The number of hydrogen-bond acceptors (Lipinski definition) is 6. The maximum absolute atomic E-state index is 11.5. The van der Waals surface area contributed by atoms with E-state index in [1.165, 1.54) is 0 Å². The maximum Gasteiger partial charge on any atom is 0.203 e. The van der Waals surface area contributed by atoms with E-state index >= 15 is 0 Å². The van der Waals surface area contributed by atoms with Crippen LogP contribution in [0.1, 0.15) is 142 Å². The van der Waals surface area contributed by atoms with E-state index in [4.69, 9.17) is 0 Å². The summed E-state index contributed by atoms with van der Waals surface area (Å²) in [5.41, 5.74) is -1.59. The zero-order valence-corrected chi connectivity index (χ0v) is 31.6. The van der Waals surface area contributed by atoms with Crippen molar-refractivity contribution < 1.29 is 69.6 Å². The molecule has 0 aromatic heterocycles. The molecule has 0 bridgehead atoms. The van der Waals surface area contributed by atoms with Gasteiger partial charge in [-0.2, -0.15) is 0 Å². The third-order valence-electron chi connectivity index (χ3n) is 6.22. The van der Waals surface area contributed by atoms with Crippen molar-refractivity contribution in [2.45, 2.75) is 142 Å². The van der Waals surface area contributed by atoms with Crippen LogP contribution in [0.3, 0.4) is 0 Å². The molecule has 0 aromatic rings. The van der Waals surface area contributed by atoms with E-state index in [-0.39, 0.29) is 93.3 Å². The van der Waals surface area contributed by atoms with Gasteiger partial charge >= 0.3 is 0 Å². The van der Waals surface area contributed by atoms with Crippen LogP contribution in [0.2, 0.25) is 0 Å². The van der Waals surface area contributed by atoms with Crippen molar-refractivity contribution in [3.05, 3.63) is 0 Å². The van der Waals surface area contributed by atoms with Crippen LogP contribution in [-0.4, -0.2) is 34.7 Å². The van der Waals surface area contributed by atoms with Crippen LogP contribution >= 0.6 is 0 Å². The number of rotatable bonds is 12. The van der Waals surface area contributed by atoms with Crippen LogP contribution in [0.25, 0.3) is 0 Å². The fourth-order valence-electron chi connectivity index (χ4n) is 3.47. The molecule has 0 aliphatic carbocycles. The molecule has 0 N–H and O–H groups in total. The van der Waals surface area contributed by atoms with Crippen LogP contribution in [0.5, 0.6) is 0 Å². The van der Waals surface area contributed by atoms with Crippen LogP contribution < -0.4 is 0 Å². The number of carbonyl (C=O) groups excluding carboxylic acids is 6. The Labute approximate surface area is 278 Å². The van der Waals surface area contributed by atoms with Gasteiger partial charge in [-0.1, -0.05) is 123 Å². The molecule has 0 saturated heterocycles. The second-order valence-corrected chi connectivity index (χ2v) is 13.9. The van der Waals surface area contributed by atoms with E-state index in [2.05, 4.69) is 0 Å². The van der Waals surface area contributed by atoms with Gasteiger partial charge in [-0.25, -0.2) is 0 Å². The molecule has 0 heterocycles. The third-order valence-corrected chi connectivity index (χ3v) is 6.22. The number of ketones is 6. The minimum absolute atomic E-state index is 0. The third kappa shape index (κ3) is 19.5. The molecule has 0 fully saturated rings. The molecule has 0 aromatic carbocycles. The van der Waals surface area contributed by atoms with Crippen LogP contribution in [0.15, 0.2) is 0 Å². The number of hydrogen-bond donors (Lipinski definition) is 0. The van der Waals surface area contributed by atoms with Gasteiger partial charge in [-0.15, -0.1) is 0 Å². The van der Waals surface area contributed by atoms with Crippen molar-refractivity contribution >= 4 is 34.7 Å². The predicted molar refractivity (Wildman–Crippen MR) is 161 cm³/mol. The van der Waals surface area contributed by atoms with Gasteiger partial charge in [0.2, 0.25) is 34.7 Å². The average Bonchev–Trinajstić information content (AvgIpc) is 2.80. The van der Waals surface area contributed by atoms with Gasteiger partial charge < -0.3 is 0 Å². The molecule has 6 nitrogen and oxygen atoms in total. The first kappa shape index (κ1) is 46.3. The molecular weight excluding hydrogens is 637 g/mol. The molecule has 0 aliphatic rings. The minimum Gasteiger partial charge on any atom is -0.291 e. The molecular formula is C33H60NdO6. The summed E-state index contributed by atoms with van der Waals surface area (Å²) in [4.78, 5) is 69.2. The van der Waals surface area contributed by atoms with Gasteiger partial charge in [0.15, 0.2) is 0 Å². The molecule has 40 heavy (non-hydrogen) atoms. The standard InChI is InChI=1S/3C11H20O2.Nd/c3*1-6-7-8(2)9(12)10(13)11(3,4)5;/h3*8H,6-7H2,1-5H3;. The Morgan fingerprint density at radius 2 is 0.575 bits per heavy atom. The van der Waals surface area contributed by atoms with Crippen molar-refractivity contribution in [2.75, 3.05) is 0 Å². The molecule has 0 aliphatic heterocycles. The summed E-state index contributed by atoms with van der Waals surface area (Å²) in [6, 6.07) is 0. The van der Waals surface area contributed by atoms with Crippen LogP contribution in [-0.2, 0) is 28.8 Å². The summed E-state index contributed by atoms with van der Waals surface area (Å²) in [7, 11) is 0. The molecule has 3 unspecified atom stereocenters. The fourth-order valence-corrected chi connectivity index (χ4v) is 3.47. The number of carbonyl (C=O) groups is 6. The minimum atomic E-state index is -0.529. The smallest absolute Gasteiger partial charge is 0.203 e. The van der Waals surface area contributed by atoms with E-state index in [0.29, 0.717) is 0 Å². The first-order valence-electron chi connectivity index (χ1n) is 14.7. The van der Waals surface area contributed by atoms with Gasteiger partial charge in [0.05, 0.1) is 0 Å². The molecule has 0 saturated carbocycles. The summed E-state index contributed by atoms with van der Waals surface area (Å²) >= 11 is 0. The summed E-state index contributed by atoms with van der Waals surface area (Å²) in [6.45, 7) is 27.6. The van der Waals surface area contributed by atoms with E-state index < -0.39 is 16.2 Å². The molecule has 7 heteroatoms. The van der Waals surface area contributed by atoms with Gasteiger partial charge in [-0.3, -0.25) is 28.8 Å². The summed E-state index contributed by atoms with van der Waals surface area (Å²) in [5.74, 6) is -1.71. The van der Waals surface area contributed by atoms with Gasteiger partial charge in [0.1, 0.15) is 0 Å². The normalized spacial score (nSPS) is 13.6. The zero-order chi connectivity index (χ0) is 31.9. The second kappa shape index (κ2) is 21.1. The maximum atomic E-state index is 11.5. The SMILES string of the molecule is CCCC(C)C(=O)C(=O)C(C)(C)C.CCCC(C)C(=O)C(=O)C(C)(C)C.CCCC(C)C(=O)C(=O)C(C)(C)C.[Nd]. The Kier molecular flexibility index (Phi) is 24.5. The van der Waals surface area contributed by atoms with E-state index in [0.717, 1.165) is 38.5 Å². The van der Waals surface area contributed by atoms with Crippen LogP contribution in [0.4, 0.5) is 0 Å². The Balaban J connectivity index is -0.000000240. The average molecular weight is 697 g/mol. The van der Waals surface area contributed by atoms with E-state index in [1.807, 2.05) is 41.5 Å². The Morgan fingerprint density at radius 1 is 0.425 bits per heavy atom.